The molecular formula is C14H17NO5. The zero-order valence-electron chi connectivity index (χ0n) is 11.5. The molecule has 6 nitrogen and oxygen atoms in total. The zero-order chi connectivity index (χ0) is 14.7. The predicted molar refractivity (Wildman–Crippen MR) is 71.2 cm³/mol. The van der Waals surface area contributed by atoms with Gasteiger partial charge in [0.25, 0.3) is 5.91 Å². The molecule has 1 aliphatic heterocycles. The van der Waals surface area contributed by atoms with E-state index >= 15 is 0 Å². The quantitative estimate of drug-likeness (QED) is 0.878. The van der Waals surface area contributed by atoms with Crippen LogP contribution in [0.4, 0.5) is 0 Å². The lowest BCUT2D eigenvalue weighted by molar-refractivity contribution is -0.139. The molecule has 0 aliphatic carbocycles. The van der Waals surface area contributed by atoms with Gasteiger partial charge >= 0.3 is 5.97 Å². The molecule has 6 heteroatoms. The summed E-state index contributed by atoms with van der Waals surface area (Å²) in [6, 6.07) is 5.01. The molecule has 0 bridgehead atoms. The van der Waals surface area contributed by atoms with E-state index in [2.05, 4.69) is 0 Å². The van der Waals surface area contributed by atoms with Crippen LogP contribution in [0.15, 0.2) is 18.2 Å². The Morgan fingerprint density at radius 3 is 2.55 bits per heavy atom. The Balaban J connectivity index is 2.05. The summed E-state index contributed by atoms with van der Waals surface area (Å²) in [6.45, 7) is 0.945. The van der Waals surface area contributed by atoms with E-state index in [-0.39, 0.29) is 18.2 Å². The van der Waals surface area contributed by atoms with E-state index in [9.17, 15) is 9.59 Å². The van der Waals surface area contributed by atoms with E-state index in [0.717, 1.165) is 0 Å². The van der Waals surface area contributed by atoms with Crippen molar-refractivity contribution < 1.29 is 24.2 Å². The van der Waals surface area contributed by atoms with E-state index in [0.29, 0.717) is 30.2 Å². The summed E-state index contributed by atoms with van der Waals surface area (Å²) >= 11 is 0. The van der Waals surface area contributed by atoms with Crippen molar-refractivity contribution in [1.29, 1.82) is 0 Å². The minimum Gasteiger partial charge on any atom is -0.497 e. The Bertz CT molecular complexity index is 522. The van der Waals surface area contributed by atoms with Crippen LogP contribution in [-0.2, 0) is 4.79 Å². The predicted octanol–water partition coefficient (Wildman–Crippen LogP) is 1.25. The number of carboxylic acids is 1. The van der Waals surface area contributed by atoms with Crippen LogP contribution in [0.2, 0.25) is 0 Å². The average molecular weight is 279 g/mol. The molecule has 1 amide bonds. The molecule has 2 rings (SSSR count). The lowest BCUT2D eigenvalue weighted by atomic mass is 9.95. The highest BCUT2D eigenvalue weighted by Gasteiger charge is 2.33. The molecule has 108 valence electrons. The van der Waals surface area contributed by atoms with Gasteiger partial charge < -0.3 is 19.5 Å². The molecule has 1 fully saturated rings. The van der Waals surface area contributed by atoms with Gasteiger partial charge in [0.05, 0.1) is 26.2 Å². The van der Waals surface area contributed by atoms with E-state index < -0.39 is 5.97 Å². The van der Waals surface area contributed by atoms with Gasteiger partial charge in [0.2, 0.25) is 0 Å². The molecule has 1 heterocycles. The van der Waals surface area contributed by atoms with Crippen LogP contribution in [0, 0.1) is 5.92 Å². The SMILES string of the molecule is COc1ccc(C(=O)N2CC(CC(=O)O)C2)c(OC)c1. The summed E-state index contributed by atoms with van der Waals surface area (Å²) in [7, 11) is 3.04. The molecule has 1 aromatic rings. The smallest absolute Gasteiger partial charge is 0.303 e. The van der Waals surface area contributed by atoms with Gasteiger partial charge in [-0.25, -0.2) is 0 Å². The normalized spacial score (nSPS) is 14.6. The van der Waals surface area contributed by atoms with E-state index in [1.165, 1.54) is 7.11 Å². The Labute approximate surface area is 116 Å². The van der Waals surface area contributed by atoms with Crippen molar-refractivity contribution in [2.45, 2.75) is 6.42 Å². The molecule has 0 atom stereocenters. The molecule has 0 unspecified atom stereocenters. The van der Waals surface area contributed by atoms with Gasteiger partial charge in [0, 0.05) is 25.1 Å². The number of hydrogen-bond donors (Lipinski definition) is 1. The zero-order valence-corrected chi connectivity index (χ0v) is 11.5. The third kappa shape index (κ3) is 2.84. The summed E-state index contributed by atoms with van der Waals surface area (Å²) in [6.07, 6.45) is 0.101. The van der Waals surface area contributed by atoms with Gasteiger partial charge in [0.1, 0.15) is 11.5 Å². The Morgan fingerprint density at radius 2 is 2.00 bits per heavy atom. The van der Waals surface area contributed by atoms with E-state index in [4.69, 9.17) is 14.6 Å². The number of likely N-dealkylation sites (tertiary alicyclic amines) is 1. The number of rotatable bonds is 5. The van der Waals surface area contributed by atoms with Crippen LogP contribution in [0.25, 0.3) is 0 Å². The van der Waals surface area contributed by atoms with Gasteiger partial charge in [-0.3, -0.25) is 9.59 Å². The number of carbonyl (C=O) groups excluding carboxylic acids is 1. The topological polar surface area (TPSA) is 76.1 Å². The van der Waals surface area contributed by atoms with Crippen LogP contribution in [0.5, 0.6) is 11.5 Å². The van der Waals surface area contributed by atoms with Gasteiger partial charge in [-0.1, -0.05) is 0 Å². The fourth-order valence-electron chi connectivity index (χ4n) is 2.26. The summed E-state index contributed by atoms with van der Waals surface area (Å²) in [4.78, 5) is 24.5. The summed E-state index contributed by atoms with van der Waals surface area (Å²) < 4.78 is 10.3. The van der Waals surface area contributed by atoms with Crippen molar-refractivity contribution in [2.24, 2.45) is 5.92 Å². The minimum absolute atomic E-state index is 0.0423. The maximum absolute atomic E-state index is 12.3. The highest BCUT2D eigenvalue weighted by molar-refractivity contribution is 5.97. The van der Waals surface area contributed by atoms with Gasteiger partial charge in [-0.05, 0) is 12.1 Å². The fraction of sp³-hybridized carbons (Fsp3) is 0.429. The number of benzene rings is 1. The summed E-state index contributed by atoms with van der Waals surface area (Å²) in [5.41, 5.74) is 0.460. The van der Waals surface area contributed by atoms with Crippen molar-refractivity contribution in [1.82, 2.24) is 4.90 Å². The number of ether oxygens (including phenoxy) is 2. The van der Waals surface area contributed by atoms with Crippen molar-refractivity contribution >= 4 is 11.9 Å². The molecule has 0 radical (unpaired) electrons. The van der Waals surface area contributed by atoms with Crippen molar-refractivity contribution in [2.75, 3.05) is 27.3 Å². The first kappa shape index (κ1) is 14.2. The monoisotopic (exact) mass is 279 g/mol. The number of methoxy groups -OCH3 is 2. The molecule has 0 spiro atoms. The lowest BCUT2D eigenvalue weighted by Gasteiger charge is -2.38. The van der Waals surface area contributed by atoms with Gasteiger partial charge in [-0.2, -0.15) is 0 Å². The first-order chi connectivity index (χ1) is 9.55. The van der Waals surface area contributed by atoms with Crippen LogP contribution in [0.1, 0.15) is 16.8 Å². The second kappa shape index (κ2) is 5.81. The highest BCUT2D eigenvalue weighted by Crippen LogP contribution is 2.28. The Morgan fingerprint density at radius 1 is 1.30 bits per heavy atom. The number of amides is 1. The molecule has 1 aliphatic rings. The molecule has 0 saturated carbocycles. The second-order valence-corrected chi connectivity index (χ2v) is 4.74. The third-order valence-electron chi connectivity index (χ3n) is 3.35. The standard InChI is InChI=1S/C14H17NO5/c1-19-10-3-4-11(12(6-10)20-2)14(18)15-7-9(8-15)5-13(16)17/h3-4,6,9H,5,7-8H2,1-2H3,(H,16,17). The van der Waals surface area contributed by atoms with Crippen LogP contribution < -0.4 is 9.47 Å². The summed E-state index contributed by atoms with van der Waals surface area (Å²) in [5.74, 6) is 0.137. The third-order valence-corrected chi connectivity index (χ3v) is 3.35. The first-order valence-corrected chi connectivity index (χ1v) is 6.28. The van der Waals surface area contributed by atoms with Crippen molar-refractivity contribution in [3.63, 3.8) is 0 Å². The molecular weight excluding hydrogens is 262 g/mol. The lowest BCUT2D eigenvalue weighted by Crippen LogP contribution is -2.50. The Hall–Kier alpha value is -2.24. The maximum atomic E-state index is 12.3. The van der Waals surface area contributed by atoms with Gasteiger partial charge in [0.15, 0.2) is 0 Å². The number of carboxylic acid groups (broad SMARTS) is 1. The summed E-state index contributed by atoms with van der Waals surface area (Å²) in [5, 5.41) is 8.69. The largest absolute Gasteiger partial charge is 0.497 e. The van der Waals surface area contributed by atoms with Crippen LogP contribution in [-0.4, -0.2) is 49.2 Å². The minimum atomic E-state index is -0.830. The van der Waals surface area contributed by atoms with Crippen LogP contribution >= 0.6 is 0 Å². The molecule has 0 aromatic heterocycles. The van der Waals surface area contributed by atoms with E-state index in [1.54, 1.807) is 30.2 Å². The number of hydrogen-bond acceptors (Lipinski definition) is 4. The molecule has 20 heavy (non-hydrogen) atoms. The Kier molecular flexibility index (Phi) is 4.12. The highest BCUT2D eigenvalue weighted by atomic mass is 16.5. The first-order valence-electron chi connectivity index (χ1n) is 6.28. The number of aliphatic carboxylic acids is 1. The second-order valence-electron chi connectivity index (χ2n) is 4.74. The van der Waals surface area contributed by atoms with Crippen molar-refractivity contribution in [3.05, 3.63) is 23.8 Å². The molecule has 1 N–H and O–H groups in total. The number of carbonyl (C=O) groups is 2. The molecule has 1 aromatic carbocycles. The van der Waals surface area contributed by atoms with E-state index in [1.807, 2.05) is 0 Å². The average Bonchev–Trinajstić information content (AvgIpc) is 2.40. The van der Waals surface area contributed by atoms with Gasteiger partial charge in [-0.15, -0.1) is 0 Å². The number of nitrogens with zero attached hydrogens (tertiary/aromatic N) is 1. The maximum Gasteiger partial charge on any atom is 0.303 e. The van der Waals surface area contributed by atoms with Crippen LogP contribution in [0.3, 0.4) is 0 Å². The van der Waals surface area contributed by atoms with Crippen molar-refractivity contribution in [3.8, 4) is 11.5 Å². The fourth-order valence-corrected chi connectivity index (χ4v) is 2.26. The molecule has 1 saturated heterocycles.